The van der Waals surface area contributed by atoms with Gasteiger partial charge in [-0.05, 0) is 67.8 Å². The van der Waals surface area contributed by atoms with Crippen LogP contribution in [0.2, 0.25) is 0 Å². The van der Waals surface area contributed by atoms with Gasteiger partial charge < -0.3 is 39.6 Å². The third-order valence-electron chi connectivity index (χ3n) is 12.1. The van der Waals surface area contributed by atoms with Gasteiger partial charge in [0.2, 0.25) is 11.8 Å². The number of nitrogens with one attached hydrogen (secondary N) is 2. The highest BCUT2D eigenvalue weighted by Crippen LogP contribution is 2.36. The molecule has 6 heterocycles. The molecule has 0 aliphatic carbocycles. The highest BCUT2D eigenvalue weighted by Gasteiger charge is 2.45. The Morgan fingerprint density at radius 1 is 0.800 bits per heavy atom. The molecule has 4 N–H and O–H groups in total. The summed E-state index contributed by atoms with van der Waals surface area (Å²) in [6.45, 7) is 4.33. The van der Waals surface area contributed by atoms with Crippen molar-refractivity contribution in [3.05, 3.63) is 102 Å². The van der Waals surface area contributed by atoms with Crippen LogP contribution in [-0.2, 0) is 35.1 Å². The van der Waals surface area contributed by atoms with Crippen LogP contribution < -0.4 is 21.1 Å². The van der Waals surface area contributed by atoms with E-state index in [1.165, 1.54) is 12.5 Å². The van der Waals surface area contributed by atoms with Crippen molar-refractivity contribution < 1.29 is 47.7 Å². The van der Waals surface area contributed by atoms with E-state index in [1.807, 2.05) is 59.3 Å². The van der Waals surface area contributed by atoms with E-state index in [2.05, 4.69) is 30.9 Å². The number of carbonyl (C=O) groups excluding carboxylic acids is 5. The molecule has 0 saturated carbocycles. The van der Waals surface area contributed by atoms with E-state index >= 15 is 0 Å². The fourth-order valence-corrected chi connectivity index (χ4v) is 8.68. The SMILES string of the molecule is Nc1ncnc2c1c(-c1ccc(Oc3ccccc3)cc1)nn2C1CCCN(C(=O)c2cnnn2CCOCCOCCOCCOCCNc2cccc3c2C(=O)N(C2CCC(=O)NC2=O)C3=O)C1. The maximum Gasteiger partial charge on any atom is 0.273 e. The standard InChI is InChI=1S/C48H52N12O10/c49-43-41-42(31-11-13-34(14-12-31)70-33-7-2-1-3-8-33)55-60(44(41)52-30-51-43)32-6-5-18-57(29-32)47(64)38-28-53-56-58(38)19-21-67-23-25-69-27-26-68-24-22-66-20-17-50-36-10-4-9-35-40(36)48(65)59(46(35)63)37-15-16-39(61)54-45(37)62/h1-4,7-14,28,30,32,37,50H,5-6,15-27,29H2,(H2,49,51,52)(H,54,61,62). The third-order valence-corrected chi connectivity index (χ3v) is 12.1. The Bertz CT molecular complexity index is 2840. The smallest absolute Gasteiger partial charge is 0.273 e. The number of nitrogens with zero attached hydrogens (tertiary/aromatic N) is 9. The molecule has 5 amide bonds. The summed E-state index contributed by atoms with van der Waals surface area (Å²) in [6.07, 6.45) is 4.58. The molecule has 2 atom stereocenters. The first-order valence-electron chi connectivity index (χ1n) is 23.1. The Hall–Kier alpha value is -7.66. The van der Waals surface area contributed by atoms with Crippen LogP contribution in [0.25, 0.3) is 22.3 Å². The van der Waals surface area contributed by atoms with Gasteiger partial charge in [-0.2, -0.15) is 5.10 Å². The molecule has 22 heteroatoms. The number of nitrogen functional groups attached to an aromatic ring is 1. The van der Waals surface area contributed by atoms with Crippen molar-refractivity contribution in [1.82, 2.24) is 49.9 Å². The van der Waals surface area contributed by atoms with E-state index in [4.69, 9.17) is 34.5 Å². The van der Waals surface area contributed by atoms with Crippen molar-refractivity contribution in [3.63, 3.8) is 0 Å². The second kappa shape index (κ2) is 22.2. The number of aromatic nitrogens is 7. The number of anilines is 2. The molecule has 22 nitrogen and oxygen atoms in total. The number of ether oxygens (including phenoxy) is 5. The van der Waals surface area contributed by atoms with Crippen LogP contribution in [0.3, 0.4) is 0 Å². The molecule has 3 aromatic heterocycles. The van der Waals surface area contributed by atoms with Crippen LogP contribution in [-0.4, -0.2) is 153 Å². The summed E-state index contributed by atoms with van der Waals surface area (Å²) in [4.78, 5) is 75.8. The predicted octanol–water partition coefficient (Wildman–Crippen LogP) is 3.52. The topological polar surface area (TPSA) is 262 Å². The van der Waals surface area contributed by atoms with Crippen molar-refractivity contribution in [2.75, 3.05) is 83.5 Å². The van der Waals surface area contributed by atoms with Crippen LogP contribution in [0.5, 0.6) is 11.5 Å². The molecule has 3 aromatic carbocycles. The van der Waals surface area contributed by atoms with E-state index in [1.54, 1.807) is 27.8 Å². The summed E-state index contributed by atoms with van der Waals surface area (Å²) >= 11 is 0. The Kier molecular flexibility index (Phi) is 15.0. The Morgan fingerprint density at radius 3 is 2.29 bits per heavy atom. The van der Waals surface area contributed by atoms with Crippen molar-refractivity contribution in [2.45, 2.75) is 44.3 Å². The van der Waals surface area contributed by atoms with Crippen molar-refractivity contribution in [2.24, 2.45) is 0 Å². The fourth-order valence-electron chi connectivity index (χ4n) is 8.68. The van der Waals surface area contributed by atoms with E-state index in [-0.39, 0.29) is 35.9 Å². The maximum absolute atomic E-state index is 13.9. The lowest BCUT2D eigenvalue weighted by Gasteiger charge is -2.32. The molecular formula is C48H52N12O10. The lowest BCUT2D eigenvalue weighted by atomic mass is 10.0. The molecule has 0 radical (unpaired) electrons. The molecule has 3 aliphatic heterocycles. The molecule has 6 aromatic rings. The number of carbonyl (C=O) groups is 5. The zero-order valence-corrected chi connectivity index (χ0v) is 38.2. The van der Waals surface area contributed by atoms with Gasteiger partial charge in [0, 0.05) is 37.3 Å². The number of benzene rings is 3. The lowest BCUT2D eigenvalue weighted by Crippen LogP contribution is -2.54. The van der Waals surface area contributed by atoms with Gasteiger partial charge in [0.1, 0.15) is 41.1 Å². The minimum atomic E-state index is -1.03. The monoisotopic (exact) mass is 956 g/mol. The number of nitrogens with two attached hydrogens (primary N) is 1. The number of para-hydroxylation sites is 1. The number of rotatable bonds is 22. The molecular weight excluding hydrogens is 905 g/mol. The zero-order valence-electron chi connectivity index (χ0n) is 38.2. The number of piperidine rings is 2. The third kappa shape index (κ3) is 10.6. The predicted molar refractivity (Wildman–Crippen MR) is 251 cm³/mol. The highest BCUT2D eigenvalue weighted by molar-refractivity contribution is 6.25. The Balaban J connectivity index is 0.656. The van der Waals surface area contributed by atoms with Gasteiger partial charge in [-0.25, -0.2) is 19.3 Å². The first-order valence-corrected chi connectivity index (χ1v) is 23.1. The number of imide groups is 2. The van der Waals surface area contributed by atoms with Gasteiger partial charge in [-0.1, -0.05) is 29.5 Å². The normalized spacial score (nSPS) is 17.0. The quantitative estimate of drug-likeness (QED) is 0.0649. The van der Waals surface area contributed by atoms with Gasteiger partial charge in [0.05, 0.1) is 88.2 Å². The second-order valence-corrected chi connectivity index (χ2v) is 16.6. The lowest BCUT2D eigenvalue weighted by molar-refractivity contribution is -0.136. The number of amides is 5. The summed E-state index contributed by atoms with van der Waals surface area (Å²) in [5.41, 5.74) is 9.71. The largest absolute Gasteiger partial charge is 0.457 e. The number of hydrogen-bond acceptors (Lipinski definition) is 17. The molecule has 9 rings (SSSR count). The summed E-state index contributed by atoms with van der Waals surface area (Å²) in [5.74, 6) is -0.670. The van der Waals surface area contributed by atoms with Crippen molar-refractivity contribution in [1.29, 1.82) is 0 Å². The van der Waals surface area contributed by atoms with Gasteiger partial charge in [-0.3, -0.25) is 34.2 Å². The van der Waals surface area contributed by atoms with Crippen LogP contribution in [0, 0.1) is 0 Å². The minimum absolute atomic E-state index is 0.0512. The zero-order chi connectivity index (χ0) is 48.4. The van der Waals surface area contributed by atoms with Gasteiger partial charge in [-0.15, -0.1) is 5.10 Å². The van der Waals surface area contributed by atoms with E-state index in [0.29, 0.717) is 119 Å². The second-order valence-electron chi connectivity index (χ2n) is 16.6. The first-order chi connectivity index (χ1) is 34.2. The summed E-state index contributed by atoms with van der Waals surface area (Å²) in [7, 11) is 0. The van der Waals surface area contributed by atoms with E-state index < -0.39 is 29.7 Å². The maximum atomic E-state index is 13.9. The van der Waals surface area contributed by atoms with Gasteiger partial charge >= 0.3 is 0 Å². The average Bonchev–Trinajstić information content (AvgIpc) is 4.08. The molecule has 2 saturated heterocycles. The average molecular weight is 957 g/mol. The van der Waals surface area contributed by atoms with Gasteiger partial charge in [0.25, 0.3) is 17.7 Å². The molecule has 0 bridgehead atoms. The summed E-state index contributed by atoms with van der Waals surface area (Å²) in [6, 6.07) is 20.9. The molecule has 70 heavy (non-hydrogen) atoms. The van der Waals surface area contributed by atoms with E-state index in [0.717, 1.165) is 29.1 Å². The summed E-state index contributed by atoms with van der Waals surface area (Å²) in [5, 5.41) is 19.2. The van der Waals surface area contributed by atoms with Gasteiger partial charge in [0.15, 0.2) is 5.65 Å². The Morgan fingerprint density at radius 2 is 1.53 bits per heavy atom. The van der Waals surface area contributed by atoms with E-state index in [9.17, 15) is 24.0 Å². The van der Waals surface area contributed by atoms with Crippen LogP contribution in [0.1, 0.15) is 62.9 Å². The Labute approximate surface area is 401 Å². The highest BCUT2D eigenvalue weighted by atomic mass is 16.6. The minimum Gasteiger partial charge on any atom is -0.457 e. The molecule has 364 valence electrons. The summed E-state index contributed by atoms with van der Waals surface area (Å²) < 4.78 is 32.0. The molecule has 2 unspecified atom stereocenters. The number of fused-ring (bicyclic) bond motifs is 2. The number of likely N-dealkylation sites (tertiary alicyclic amines) is 1. The molecule has 0 spiro atoms. The van der Waals surface area contributed by atoms with Crippen molar-refractivity contribution >= 4 is 52.1 Å². The molecule has 3 aliphatic rings. The first kappa shape index (κ1) is 47.4. The van der Waals surface area contributed by atoms with Crippen LogP contribution in [0.15, 0.2) is 85.3 Å². The number of hydrogen-bond donors (Lipinski definition) is 3. The van der Waals surface area contributed by atoms with Crippen LogP contribution in [0.4, 0.5) is 11.5 Å². The van der Waals surface area contributed by atoms with Crippen LogP contribution >= 0.6 is 0 Å². The fraction of sp³-hybridized carbons (Fsp3) is 0.375. The molecule has 2 fully saturated rings. The van der Waals surface area contributed by atoms with Crippen molar-refractivity contribution in [3.8, 4) is 22.8 Å².